The van der Waals surface area contributed by atoms with Gasteiger partial charge in [-0.05, 0) is 49.9 Å². The Bertz CT molecular complexity index is 709. The average molecular weight is 345 g/mol. The molecule has 0 aliphatic heterocycles. The maximum absolute atomic E-state index is 12.7. The summed E-state index contributed by atoms with van der Waals surface area (Å²) in [5, 5.41) is 7.57. The Labute approximate surface area is 147 Å². The van der Waals surface area contributed by atoms with Crippen molar-refractivity contribution >= 4 is 17.6 Å². The van der Waals surface area contributed by atoms with Gasteiger partial charge < -0.3 is 16.0 Å². The first kappa shape index (κ1) is 16.4. The van der Waals surface area contributed by atoms with E-state index in [0.717, 1.165) is 37.9 Å². The first-order valence-electron chi connectivity index (χ1n) is 9.11. The third-order valence-corrected chi connectivity index (χ3v) is 6.64. The molecule has 4 aliphatic carbocycles. The molecule has 4 fully saturated rings. The Morgan fingerprint density at radius 1 is 1.28 bits per heavy atom. The van der Waals surface area contributed by atoms with Crippen molar-refractivity contribution in [2.45, 2.75) is 38.1 Å². The van der Waals surface area contributed by atoms with Gasteiger partial charge in [0.05, 0.1) is 0 Å². The number of amides is 2. The molecule has 136 valence electrons. The molecule has 0 aromatic carbocycles. The van der Waals surface area contributed by atoms with Crippen LogP contribution in [0, 0.1) is 23.2 Å². The van der Waals surface area contributed by atoms with Gasteiger partial charge in [-0.1, -0.05) is 0 Å². The molecule has 1 aromatic heterocycles. The van der Waals surface area contributed by atoms with Crippen molar-refractivity contribution in [1.29, 1.82) is 0 Å². The molecule has 0 spiro atoms. The van der Waals surface area contributed by atoms with Gasteiger partial charge in [0.15, 0.2) is 5.69 Å². The fraction of sp³-hybridized carbons (Fsp3) is 0.722. The number of primary amides is 1. The van der Waals surface area contributed by atoms with Crippen molar-refractivity contribution in [3.05, 3.63) is 11.8 Å². The van der Waals surface area contributed by atoms with Crippen molar-refractivity contribution < 1.29 is 9.59 Å². The van der Waals surface area contributed by atoms with E-state index in [2.05, 4.69) is 10.4 Å². The Morgan fingerprint density at radius 3 is 2.44 bits per heavy atom. The van der Waals surface area contributed by atoms with Crippen molar-refractivity contribution in [3.63, 3.8) is 0 Å². The minimum absolute atomic E-state index is 0.116. The lowest BCUT2D eigenvalue weighted by Crippen LogP contribution is -2.62. The number of aryl methyl sites for hydroxylation is 1. The topological polar surface area (TPSA) is 93.2 Å². The number of carbonyl (C=O) groups excluding carboxylic acids is 2. The molecule has 4 bridgehead atoms. The first-order chi connectivity index (χ1) is 11.8. The fourth-order valence-electron chi connectivity index (χ4n) is 5.77. The summed E-state index contributed by atoms with van der Waals surface area (Å²) < 4.78 is 1.72. The molecule has 2 atom stereocenters. The van der Waals surface area contributed by atoms with Crippen molar-refractivity contribution in [1.82, 2.24) is 15.1 Å². The number of hydrogen-bond acceptors (Lipinski definition) is 4. The number of hydrogen-bond donors (Lipinski definition) is 2. The summed E-state index contributed by atoms with van der Waals surface area (Å²) in [4.78, 5) is 26.7. The third kappa shape index (κ3) is 2.51. The summed E-state index contributed by atoms with van der Waals surface area (Å²) in [5.41, 5.74) is 5.86. The lowest BCUT2D eigenvalue weighted by atomic mass is 9.47. The molecule has 4 aliphatic rings. The van der Waals surface area contributed by atoms with Crippen molar-refractivity contribution in [3.8, 4) is 0 Å². The van der Waals surface area contributed by atoms with E-state index in [1.165, 1.54) is 0 Å². The Hall–Kier alpha value is -2.05. The zero-order valence-electron chi connectivity index (χ0n) is 15.2. The molecule has 3 N–H and O–H groups in total. The fourth-order valence-corrected chi connectivity index (χ4v) is 5.77. The van der Waals surface area contributed by atoms with Crippen molar-refractivity contribution in [2.75, 3.05) is 19.0 Å². The van der Waals surface area contributed by atoms with E-state index in [0.29, 0.717) is 23.4 Å². The molecule has 4 saturated carbocycles. The van der Waals surface area contributed by atoms with Gasteiger partial charge in [-0.25, -0.2) is 0 Å². The number of rotatable bonds is 4. The van der Waals surface area contributed by atoms with E-state index in [-0.39, 0.29) is 23.3 Å². The first-order valence-corrected chi connectivity index (χ1v) is 9.11. The second-order valence-electron chi connectivity index (χ2n) is 8.52. The molecule has 2 amide bonds. The number of nitrogens with one attached hydrogen (secondary N) is 1. The quantitative estimate of drug-likeness (QED) is 0.848. The number of carbonyl (C=O) groups is 2. The van der Waals surface area contributed by atoms with E-state index < -0.39 is 0 Å². The highest BCUT2D eigenvalue weighted by atomic mass is 16.2. The smallest absolute Gasteiger partial charge is 0.272 e. The normalized spacial score (nSPS) is 35.6. The highest BCUT2D eigenvalue weighted by Gasteiger charge is 2.58. The minimum Gasteiger partial charge on any atom is -0.369 e. The second-order valence-corrected chi connectivity index (χ2v) is 8.52. The zero-order chi connectivity index (χ0) is 17.9. The van der Waals surface area contributed by atoms with Crippen LogP contribution in [0.1, 0.15) is 42.6 Å². The van der Waals surface area contributed by atoms with E-state index in [4.69, 9.17) is 5.73 Å². The van der Waals surface area contributed by atoms with Crippen LogP contribution in [0.15, 0.2) is 6.07 Å². The third-order valence-electron chi connectivity index (χ3n) is 6.64. The molecule has 7 heteroatoms. The molecule has 1 heterocycles. The Morgan fingerprint density at radius 2 is 1.92 bits per heavy atom. The Kier molecular flexibility index (Phi) is 3.60. The maximum atomic E-state index is 12.7. The van der Waals surface area contributed by atoms with Crippen LogP contribution < -0.4 is 16.0 Å². The maximum Gasteiger partial charge on any atom is 0.272 e. The van der Waals surface area contributed by atoms with E-state index in [1.807, 2.05) is 32.1 Å². The van der Waals surface area contributed by atoms with Crippen LogP contribution in [0.3, 0.4) is 0 Å². The molecule has 7 nitrogen and oxygen atoms in total. The number of nitrogens with two attached hydrogens (primary N) is 1. The molecular weight excluding hydrogens is 318 g/mol. The average Bonchev–Trinajstić information content (AvgIpc) is 2.92. The van der Waals surface area contributed by atoms with Gasteiger partial charge in [0, 0.05) is 38.7 Å². The van der Waals surface area contributed by atoms with Gasteiger partial charge in [-0.2, -0.15) is 5.10 Å². The highest BCUT2D eigenvalue weighted by molar-refractivity contribution is 5.93. The molecular formula is C18H27N5O2. The minimum atomic E-state index is -0.319. The molecule has 0 saturated heterocycles. The van der Waals surface area contributed by atoms with Gasteiger partial charge in [-0.3, -0.25) is 14.3 Å². The van der Waals surface area contributed by atoms with Crippen molar-refractivity contribution in [2.24, 2.45) is 36.0 Å². The summed E-state index contributed by atoms with van der Waals surface area (Å²) >= 11 is 0. The second kappa shape index (κ2) is 5.47. The molecule has 25 heavy (non-hydrogen) atoms. The van der Waals surface area contributed by atoms with E-state index >= 15 is 0 Å². The summed E-state index contributed by atoms with van der Waals surface area (Å²) in [7, 11) is 5.70. The summed E-state index contributed by atoms with van der Waals surface area (Å²) in [6.07, 6.45) is 4.79. The standard InChI is InChI=1S/C18H27N5O2/c1-22(2)14-6-13(21-23(14)3)16(24)20-15-11-4-10-5-12(15)9-18(7-10,8-11)17(19)25/h6,10-12,15H,4-5,7-9H2,1-3H3,(H2,19,25)(H,20,24)/t10?,11?,12?,15-,18+. The predicted molar refractivity (Wildman–Crippen MR) is 94.0 cm³/mol. The van der Waals surface area contributed by atoms with E-state index in [9.17, 15) is 9.59 Å². The number of nitrogens with zero attached hydrogens (tertiary/aromatic N) is 3. The SMILES string of the molecule is CN(C)c1cc(C(=O)N[C@H]2C3CC4CC2C[C@@](C(N)=O)(C4)C3)nn1C. The van der Waals surface area contributed by atoms with Crippen LogP contribution in [0.4, 0.5) is 5.82 Å². The molecule has 5 rings (SSSR count). The number of anilines is 1. The van der Waals surface area contributed by atoms with Crippen LogP contribution in [-0.2, 0) is 11.8 Å². The van der Waals surface area contributed by atoms with Crippen LogP contribution in [0.5, 0.6) is 0 Å². The molecule has 1 aromatic rings. The molecule has 0 radical (unpaired) electrons. The lowest BCUT2D eigenvalue weighted by molar-refractivity contribution is -0.145. The monoisotopic (exact) mass is 345 g/mol. The van der Waals surface area contributed by atoms with E-state index in [1.54, 1.807) is 4.68 Å². The largest absolute Gasteiger partial charge is 0.369 e. The number of aromatic nitrogens is 2. The van der Waals surface area contributed by atoms with Gasteiger partial charge in [-0.15, -0.1) is 0 Å². The lowest BCUT2D eigenvalue weighted by Gasteiger charge is -2.58. The highest BCUT2D eigenvalue weighted by Crippen LogP contribution is 2.59. The van der Waals surface area contributed by atoms with Gasteiger partial charge in [0.25, 0.3) is 5.91 Å². The Balaban J connectivity index is 1.52. The summed E-state index contributed by atoms with van der Waals surface area (Å²) in [5.74, 6) is 1.95. The van der Waals surface area contributed by atoms with Gasteiger partial charge in [0.1, 0.15) is 5.82 Å². The van der Waals surface area contributed by atoms with Crippen LogP contribution in [0.25, 0.3) is 0 Å². The van der Waals surface area contributed by atoms with Gasteiger partial charge >= 0.3 is 0 Å². The van der Waals surface area contributed by atoms with Crippen LogP contribution >= 0.6 is 0 Å². The zero-order valence-corrected chi connectivity index (χ0v) is 15.2. The summed E-state index contributed by atoms with van der Waals surface area (Å²) in [6, 6.07) is 1.96. The van der Waals surface area contributed by atoms with Gasteiger partial charge in [0.2, 0.25) is 5.91 Å². The van der Waals surface area contributed by atoms with Crippen LogP contribution in [-0.4, -0.2) is 41.7 Å². The summed E-state index contributed by atoms with van der Waals surface area (Å²) in [6.45, 7) is 0. The predicted octanol–water partition coefficient (Wildman–Crippen LogP) is 0.896. The van der Waals surface area contributed by atoms with Crippen LogP contribution in [0.2, 0.25) is 0 Å². The molecule has 2 unspecified atom stereocenters.